The summed E-state index contributed by atoms with van der Waals surface area (Å²) in [6.07, 6.45) is 0. The van der Waals surface area contributed by atoms with Crippen molar-refractivity contribution in [3.8, 4) is 5.75 Å². The normalized spacial score (nSPS) is 11.0. The van der Waals surface area contributed by atoms with Crippen molar-refractivity contribution >= 4 is 15.7 Å². The Labute approximate surface area is 82.9 Å². The topological polar surface area (TPSA) is 81.4 Å². The molecule has 14 heavy (non-hydrogen) atoms. The Morgan fingerprint density at radius 1 is 1.50 bits per heavy atom. The Morgan fingerprint density at radius 3 is 2.79 bits per heavy atom. The quantitative estimate of drug-likeness (QED) is 0.761. The molecular formula is C8H12N2O3S. The summed E-state index contributed by atoms with van der Waals surface area (Å²) in [4.78, 5) is 0. The summed E-state index contributed by atoms with van der Waals surface area (Å²) in [5.41, 5.74) is 5.48. The van der Waals surface area contributed by atoms with Crippen LogP contribution in [0.4, 0.5) is 5.69 Å². The molecule has 0 unspecified atom stereocenters. The van der Waals surface area contributed by atoms with Gasteiger partial charge in [0.1, 0.15) is 11.6 Å². The van der Waals surface area contributed by atoms with Crippen LogP contribution in [0.1, 0.15) is 0 Å². The third-order valence-corrected chi connectivity index (χ3v) is 2.55. The number of sulfonamides is 1. The summed E-state index contributed by atoms with van der Waals surface area (Å²) in [5.74, 6) is 0.145. The summed E-state index contributed by atoms with van der Waals surface area (Å²) < 4.78 is 29.4. The minimum Gasteiger partial charge on any atom is -0.497 e. The molecule has 0 bridgehead atoms. The molecule has 0 heterocycles. The first-order chi connectivity index (χ1) is 6.57. The van der Waals surface area contributed by atoms with Gasteiger partial charge in [-0.2, -0.15) is 0 Å². The van der Waals surface area contributed by atoms with E-state index in [1.165, 1.54) is 7.11 Å². The van der Waals surface area contributed by atoms with E-state index in [1.807, 2.05) is 0 Å². The Balaban J connectivity index is 2.87. The maximum atomic E-state index is 11.1. The molecule has 0 amide bonds. The number of nitrogens with one attached hydrogen (secondary N) is 1. The zero-order chi connectivity index (χ0) is 10.6. The van der Waals surface area contributed by atoms with Crippen LogP contribution in [0.25, 0.3) is 0 Å². The largest absolute Gasteiger partial charge is 0.497 e. The van der Waals surface area contributed by atoms with Gasteiger partial charge in [0.05, 0.1) is 12.8 Å². The molecule has 0 aromatic heterocycles. The monoisotopic (exact) mass is 216 g/mol. The molecule has 0 atom stereocenters. The Bertz CT molecular complexity index is 403. The Kier molecular flexibility index (Phi) is 3.32. The number of nitrogens with two attached hydrogens (primary N) is 1. The van der Waals surface area contributed by atoms with Gasteiger partial charge in [0, 0.05) is 6.07 Å². The highest BCUT2D eigenvalue weighted by molar-refractivity contribution is 7.92. The van der Waals surface area contributed by atoms with Crippen molar-refractivity contribution in [2.45, 2.75) is 0 Å². The van der Waals surface area contributed by atoms with Crippen LogP contribution < -0.4 is 15.2 Å². The SMILES string of the molecule is COc1cccc(NS(=O)(=O)CN)c1. The van der Waals surface area contributed by atoms with E-state index >= 15 is 0 Å². The van der Waals surface area contributed by atoms with Crippen LogP contribution >= 0.6 is 0 Å². The number of rotatable bonds is 4. The van der Waals surface area contributed by atoms with E-state index in [1.54, 1.807) is 24.3 Å². The van der Waals surface area contributed by atoms with Crippen LogP contribution in [0.2, 0.25) is 0 Å². The molecule has 0 aliphatic heterocycles. The zero-order valence-electron chi connectivity index (χ0n) is 7.73. The van der Waals surface area contributed by atoms with Crippen molar-refractivity contribution in [3.05, 3.63) is 24.3 Å². The molecular weight excluding hydrogens is 204 g/mol. The standard InChI is InChI=1S/C8H12N2O3S/c1-13-8-4-2-3-7(5-8)10-14(11,12)6-9/h2-5,10H,6,9H2,1H3. The van der Waals surface area contributed by atoms with E-state index in [9.17, 15) is 8.42 Å². The third-order valence-electron chi connectivity index (χ3n) is 1.56. The number of benzene rings is 1. The first-order valence-corrected chi connectivity index (χ1v) is 5.57. The van der Waals surface area contributed by atoms with E-state index in [2.05, 4.69) is 4.72 Å². The van der Waals surface area contributed by atoms with E-state index in [0.29, 0.717) is 11.4 Å². The van der Waals surface area contributed by atoms with Crippen molar-refractivity contribution in [2.24, 2.45) is 5.73 Å². The van der Waals surface area contributed by atoms with Gasteiger partial charge in [-0.25, -0.2) is 8.42 Å². The average molecular weight is 216 g/mol. The number of anilines is 1. The maximum absolute atomic E-state index is 11.1. The highest BCUT2D eigenvalue weighted by Crippen LogP contribution is 2.17. The van der Waals surface area contributed by atoms with Gasteiger partial charge in [-0.3, -0.25) is 4.72 Å². The summed E-state index contributed by atoms with van der Waals surface area (Å²) in [5, 5.41) is 0. The predicted molar refractivity (Wildman–Crippen MR) is 54.6 cm³/mol. The van der Waals surface area contributed by atoms with Crippen LogP contribution in [0.15, 0.2) is 24.3 Å². The molecule has 1 aromatic rings. The second-order valence-corrected chi connectivity index (χ2v) is 4.38. The summed E-state index contributed by atoms with van der Waals surface area (Å²) in [7, 11) is -1.91. The first kappa shape index (κ1) is 10.8. The number of ether oxygens (including phenoxy) is 1. The van der Waals surface area contributed by atoms with E-state index in [-0.39, 0.29) is 0 Å². The third kappa shape index (κ3) is 2.90. The van der Waals surface area contributed by atoms with Gasteiger partial charge in [0.15, 0.2) is 0 Å². The number of hydrogen-bond acceptors (Lipinski definition) is 4. The van der Waals surface area contributed by atoms with Gasteiger partial charge in [-0.15, -0.1) is 0 Å². The van der Waals surface area contributed by atoms with E-state index in [4.69, 9.17) is 10.5 Å². The van der Waals surface area contributed by atoms with Crippen LogP contribution in [-0.4, -0.2) is 21.4 Å². The minimum atomic E-state index is -3.43. The minimum absolute atomic E-state index is 0.440. The first-order valence-electron chi connectivity index (χ1n) is 3.92. The summed E-state index contributed by atoms with van der Waals surface area (Å²) >= 11 is 0. The second kappa shape index (κ2) is 4.30. The van der Waals surface area contributed by atoms with E-state index < -0.39 is 15.9 Å². The average Bonchev–Trinajstić information content (AvgIpc) is 2.17. The van der Waals surface area contributed by atoms with Gasteiger partial charge >= 0.3 is 0 Å². The zero-order valence-corrected chi connectivity index (χ0v) is 8.54. The molecule has 3 N–H and O–H groups in total. The van der Waals surface area contributed by atoms with Crippen LogP contribution in [-0.2, 0) is 10.0 Å². The predicted octanol–water partition coefficient (Wildman–Crippen LogP) is 0.353. The lowest BCUT2D eigenvalue weighted by atomic mass is 10.3. The number of hydrogen-bond donors (Lipinski definition) is 2. The highest BCUT2D eigenvalue weighted by atomic mass is 32.2. The molecule has 0 spiro atoms. The highest BCUT2D eigenvalue weighted by Gasteiger charge is 2.06. The molecule has 1 aromatic carbocycles. The lowest BCUT2D eigenvalue weighted by molar-refractivity contribution is 0.415. The lowest BCUT2D eigenvalue weighted by Crippen LogP contribution is -2.22. The summed E-state index contributed by atoms with van der Waals surface area (Å²) in [6, 6.07) is 6.61. The van der Waals surface area contributed by atoms with Crippen molar-refractivity contribution in [1.29, 1.82) is 0 Å². The molecule has 0 saturated heterocycles. The van der Waals surface area contributed by atoms with Gasteiger partial charge < -0.3 is 10.5 Å². The fourth-order valence-electron chi connectivity index (χ4n) is 0.908. The maximum Gasteiger partial charge on any atom is 0.245 e. The van der Waals surface area contributed by atoms with E-state index in [0.717, 1.165) is 0 Å². The molecule has 6 heteroatoms. The van der Waals surface area contributed by atoms with Crippen molar-refractivity contribution in [3.63, 3.8) is 0 Å². The van der Waals surface area contributed by atoms with Gasteiger partial charge in [0.2, 0.25) is 10.0 Å². The molecule has 0 radical (unpaired) electrons. The van der Waals surface area contributed by atoms with Crippen molar-refractivity contribution in [2.75, 3.05) is 17.7 Å². The fraction of sp³-hybridized carbons (Fsp3) is 0.250. The Hall–Kier alpha value is -1.27. The molecule has 5 nitrogen and oxygen atoms in total. The Morgan fingerprint density at radius 2 is 2.21 bits per heavy atom. The molecule has 0 aliphatic carbocycles. The fourth-order valence-corrected chi connectivity index (χ4v) is 1.48. The smallest absolute Gasteiger partial charge is 0.245 e. The lowest BCUT2D eigenvalue weighted by Gasteiger charge is -2.06. The molecule has 0 saturated carbocycles. The van der Waals surface area contributed by atoms with Crippen molar-refractivity contribution < 1.29 is 13.2 Å². The van der Waals surface area contributed by atoms with Crippen LogP contribution in [0, 0.1) is 0 Å². The van der Waals surface area contributed by atoms with Crippen molar-refractivity contribution in [1.82, 2.24) is 0 Å². The second-order valence-electron chi connectivity index (χ2n) is 2.62. The molecule has 0 fully saturated rings. The summed E-state index contributed by atoms with van der Waals surface area (Å²) in [6.45, 7) is 0. The van der Waals surface area contributed by atoms with Crippen LogP contribution in [0.3, 0.4) is 0 Å². The van der Waals surface area contributed by atoms with Crippen LogP contribution in [0.5, 0.6) is 5.75 Å². The van der Waals surface area contributed by atoms with Gasteiger partial charge in [0.25, 0.3) is 0 Å². The molecule has 1 rings (SSSR count). The molecule has 78 valence electrons. The van der Waals surface area contributed by atoms with Gasteiger partial charge in [-0.05, 0) is 12.1 Å². The van der Waals surface area contributed by atoms with Gasteiger partial charge in [-0.1, -0.05) is 6.07 Å². The number of methoxy groups -OCH3 is 1. The molecule has 0 aliphatic rings.